The van der Waals surface area contributed by atoms with E-state index in [2.05, 4.69) is 29.4 Å². The molecule has 46 nitrogen and oxygen atoms in total. The van der Waals surface area contributed by atoms with Gasteiger partial charge in [0.2, 0.25) is 0 Å². The number of rotatable bonds is 103. The zero-order valence-electron chi connectivity index (χ0n) is 78.8. The van der Waals surface area contributed by atoms with Gasteiger partial charge in [-0.25, -0.2) is 67.3 Å². The molecule has 16 unspecified atom stereocenters. The molecule has 818 valence electrons. The van der Waals surface area contributed by atoms with E-state index in [1.165, 1.54) is 0 Å². The van der Waals surface area contributed by atoms with E-state index in [0.29, 0.717) is 247 Å². The van der Waals surface area contributed by atoms with E-state index < -0.39 is 177 Å². The Morgan fingerprint density at radius 2 is 0.147 bits per heavy atom. The Morgan fingerprint density at radius 1 is 0.0882 bits per heavy atom. The standard InChI is InChI=1S/C74H164N14O32S16/c89-121(90)59-43-81(44-60-122(91)92)35-9-27-77(28-10-36-82(45-61-123(93)94)46-62-124(95)96)23-5-19-75(20-6-24-78(29-11-37-83(47-63-125(97)98)48-64-126(99)100)30-12-38-84(49-65-127(101)102)50-66-128(103)104)17-3-1-2-4-18-76(21-7-25-79(31-13-39-85(51-67-129(105)106)52-68-130(107)108)32-14-40-86(53-69-131(109)110)54-70-132(111)112)22-8-26-80(33-15-41-87(55-71-133(113)114)56-72-134(115)116)34-16-42-88(57-73-135(117)118)58-74-136(119)120/h1-74H2,(H,89,90)(H,91,92)(H,93,94)(H,95,96)(H,97,98)(H,99,100)(H,101,102)(H,103,104)(H,105,106)(H,107,108)(H,109,110)(H,111,112)(H,113,114)(H,115,116)(H,117,118)(H,119,120). The first-order valence-corrected chi connectivity index (χ1v) is 66.4. The monoisotopic (exact) mass is 2270 g/mol. The van der Waals surface area contributed by atoms with Crippen LogP contribution in [0.15, 0.2) is 0 Å². The van der Waals surface area contributed by atoms with Crippen LogP contribution in [0, 0.1) is 0 Å². The number of hydrogen-bond acceptors (Lipinski definition) is 30. The zero-order valence-corrected chi connectivity index (χ0v) is 91.9. The van der Waals surface area contributed by atoms with E-state index in [1.807, 2.05) is 39.2 Å². The van der Waals surface area contributed by atoms with Crippen molar-refractivity contribution in [1.29, 1.82) is 0 Å². The first-order chi connectivity index (χ1) is 64.7. The van der Waals surface area contributed by atoms with E-state index in [-0.39, 0.29) is 197 Å². The van der Waals surface area contributed by atoms with Gasteiger partial charge in [0, 0.05) is 105 Å². The third-order valence-corrected chi connectivity index (χ3v) is 30.9. The van der Waals surface area contributed by atoms with Gasteiger partial charge in [-0.2, -0.15) is 0 Å². The zero-order chi connectivity index (χ0) is 102. The number of unbranched alkanes of at least 4 members (excludes halogenated alkanes) is 3. The number of hydrogen-bond donors (Lipinski definition) is 16. The normalized spacial score (nSPS) is 16.2. The van der Waals surface area contributed by atoms with Crippen molar-refractivity contribution >= 4 is 177 Å². The smallest absolute Gasteiger partial charge is 0.154 e. The lowest BCUT2D eigenvalue weighted by molar-refractivity contribution is 0.183. The van der Waals surface area contributed by atoms with Crippen LogP contribution in [0.4, 0.5) is 0 Å². The molecule has 0 spiro atoms. The summed E-state index contributed by atoms with van der Waals surface area (Å²) in [5.74, 6) is -1.11. The minimum Gasteiger partial charge on any atom is -0.306 e. The predicted octanol–water partition coefficient (Wildman–Crippen LogP) is -0.997. The fourth-order valence-corrected chi connectivity index (χ4v) is 21.9. The molecule has 0 heterocycles. The Kier molecular flexibility index (Phi) is 92.0. The van der Waals surface area contributed by atoms with Gasteiger partial charge in [0.25, 0.3) is 0 Å². The molecular weight excluding hydrogens is 2110 g/mol. The Morgan fingerprint density at radius 3 is 0.213 bits per heavy atom. The van der Waals surface area contributed by atoms with Gasteiger partial charge in [0.1, 0.15) is 0 Å². The maximum atomic E-state index is 11.8. The summed E-state index contributed by atoms with van der Waals surface area (Å²) in [6.45, 7) is 17.6. The molecule has 0 saturated heterocycles. The molecule has 0 aromatic heterocycles. The summed E-state index contributed by atoms with van der Waals surface area (Å²) in [7, 11) is 0. The molecule has 16 atom stereocenters. The summed E-state index contributed by atoms with van der Waals surface area (Å²) in [6, 6.07) is 0. The van der Waals surface area contributed by atoms with E-state index in [0.717, 1.165) is 25.7 Å². The van der Waals surface area contributed by atoms with Crippen LogP contribution in [0.3, 0.4) is 0 Å². The third-order valence-electron chi connectivity index (χ3n) is 22.4. The summed E-state index contributed by atoms with van der Waals surface area (Å²) >= 11 is -33.9. The molecule has 0 radical (unpaired) electrons. The topological polar surface area (TPSA) is 642 Å². The van der Waals surface area contributed by atoms with E-state index >= 15 is 0 Å². The lowest BCUT2D eigenvalue weighted by Gasteiger charge is -2.30. The van der Waals surface area contributed by atoms with Crippen molar-refractivity contribution in [3.8, 4) is 0 Å². The molecule has 0 aromatic rings. The molecule has 0 rings (SSSR count). The van der Waals surface area contributed by atoms with Crippen LogP contribution >= 0.6 is 0 Å². The van der Waals surface area contributed by atoms with Crippen molar-refractivity contribution in [1.82, 2.24) is 68.6 Å². The molecule has 0 aliphatic carbocycles. The molecule has 0 amide bonds. The SMILES string of the molecule is O=S(O)CCN(CCCN(CCCN(CCCCCCN(CCCN(CCCN(CCS(=O)O)CCS(=O)O)CCCN(CCS(=O)O)CCS(=O)O)CCCN(CCCN(CCS(=O)O)CCS(=O)O)CCCN(CCS(=O)O)CCS(=O)O)CCCN(CCCN(CCS(=O)O)CCS(=O)O)CCCN(CCS(=O)O)CCS(=O)O)CCCN(CCS(=O)O)CCS(=O)O)CCS(=O)O. The molecule has 0 aliphatic rings. The van der Waals surface area contributed by atoms with Crippen LogP contribution in [0.5, 0.6) is 0 Å². The van der Waals surface area contributed by atoms with Gasteiger partial charge < -0.3 is 141 Å². The van der Waals surface area contributed by atoms with Crippen LogP contribution < -0.4 is 0 Å². The average molecular weight is 2280 g/mol. The van der Waals surface area contributed by atoms with Crippen LogP contribution in [0.2, 0.25) is 0 Å². The fourth-order valence-electron chi connectivity index (χ4n) is 15.3. The van der Waals surface area contributed by atoms with Gasteiger partial charge in [-0.05, 0) is 260 Å². The Bertz CT molecular complexity index is 2700. The second kappa shape index (κ2) is 91.2. The van der Waals surface area contributed by atoms with Crippen molar-refractivity contribution < 1.29 is 140 Å². The van der Waals surface area contributed by atoms with Crippen molar-refractivity contribution in [3.63, 3.8) is 0 Å². The first-order valence-electron chi connectivity index (χ1n) is 46.0. The van der Waals surface area contributed by atoms with E-state index in [1.54, 1.807) is 0 Å². The number of nitrogens with zero attached hydrogens (tertiary/aromatic N) is 14. The summed E-state index contributed by atoms with van der Waals surface area (Å²) < 4.78 is 344. The predicted molar refractivity (Wildman–Crippen MR) is 554 cm³/mol. The van der Waals surface area contributed by atoms with Crippen LogP contribution in [0.1, 0.15) is 103 Å². The van der Waals surface area contributed by atoms with Crippen LogP contribution in [-0.4, -0.2) is 576 Å². The highest BCUT2D eigenvalue weighted by atomic mass is 32.2. The van der Waals surface area contributed by atoms with Gasteiger partial charge in [-0.15, -0.1) is 0 Å². The molecule has 0 aliphatic heterocycles. The summed E-state index contributed by atoms with van der Waals surface area (Å²) in [4.78, 5) is 29.0. The molecule has 16 N–H and O–H groups in total. The van der Waals surface area contributed by atoms with Gasteiger partial charge in [-0.3, -0.25) is 0 Å². The minimum absolute atomic E-state index is 0.0692. The maximum Gasteiger partial charge on any atom is 0.154 e. The Labute approximate surface area is 848 Å². The molecule has 0 saturated carbocycles. The van der Waals surface area contributed by atoms with E-state index in [9.17, 15) is 140 Å². The molecule has 62 heteroatoms. The van der Waals surface area contributed by atoms with Crippen molar-refractivity contribution in [3.05, 3.63) is 0 Å². The highest BCUT2D eigenvalue weighted by molar-refractivity contribution is 7.82. The average Bonchev–Trinajstić information content (AvgIpc) is 0.941. The second-order valence-electron chi connectivity index (χ2n) is 32.8. The molecule has 0 fully saturated rings. The maximum absolute atomic E-state index is 11.8. The lowest BCUT2D eigenvalue weighted by atomic mass is 10.1. The van der Waals surface area contributed by atoms with E-state index in [4.69, 9.17) is 0 Å². The van der Waals surface area contributed by atoms with Gasteiger partial charge in [0.05, 0.1) is 92.0 Å². The van der Waals surface area contributed by atoms with Gasteiger partial charge >= 0.3 is 0 Å². The van der Waals surface area contributed by atoms with Crippen LogP contribution in [-0.2, 0) is 177 Å². The van der Waals surface area contributed by atoms with Crippen molar-refractivity contribution in [2.24, 2.45) is 0 Å². The summed E-state index contributed by atoms with van der Waals surface area (Å²) in [5, 5.41) is 0. The Balaban J connectivity index is 8.07. The van der Waals surface area contributed by atoms with Gasteiger partial charge in [0.15, 0.2) is 177 Å². The highest BCUT2D eigenvalue weighted by Gasteiger charge is 2.22. The second-order valence-corrected chi connectivity index (χ2v) is 49.7. The third kappa shape index (κ3) is 92.6. The molecule has 0 bridgehead atoms. The fraction of sp³-hybridized carbons (Fsp3) is 1.00. The van der Waals surface area contributed by atoms with Crippen molar-refractivity contribution in [2.45, 2.75) is 103 Å². The lowest BCUT2D eigenvalue weighted by Crippen LogP contribution is -2.38. The molecular formula is C74H164N14O32S16. The minimum atomic E-state index is -2.12. The largest absolute Gasteiger partial charge is 0.306 e. The van der Waals surface area contributed by atoms with Gasteiger partial charge in [-0.1, -0.05) is 12.8 Å². The molecule has 0 aromatic carbocycles. The summed E-state index contributed by atoms with van der Waals surface area (Å²) in [6.07, 6.45) is 10.6. The first kappa shape index (κ1) is 137. The highest BCUT2D eigenvalue weighted by Crippen LogP contribution is 2.14. The summed E-state index contributed by atoms with van der Waals surface area (Å²) in [5.41, 5.74) is 0. The molecule has 136 heavy (non-hydrogen) atoms. The Hall–Kier alpha value is 1.20. The van der Waals surface area contributed by atoms with Crippen molar-refractivity contribution in [2.75, 3.05) is 367 Å². The quantitative estimate of drug-likeness (QED) is 0.0257. The van der Waals surface area contributed by atoms with Crippen LogP contribution in [0.25, 0.3) is 0 Å².